The molecule has 0 atom stereocenters. The molecule has 0 spiro atoms. The Balaban J connectivity index is 2.26. The molecule has 0 bridgehead atoms. The summed E-state index contributed by atoms with van der Waals surface area (Å²) in [4.78, 5) is 11.8. The van der Waals surface area contributed by atoms with Crippen LogP contribution < -0.4 is 11.1 Å². The van der Waals surface area contributed by atoms with Crippen molar-refractivity contribution in [1.29, 1.82) is 0 Å². The predicted molar refractivity (Wildman–Crippen MR) is 66.4 cm³/mol. The average molecular weight is 317 g/mol. The molecule has 0 radical (unpaired) electrons. The molecule has 2 aromatic rings. The molecule has 3 N–H and O–H groups in total. The van der Waals surface area contributed by atoms with Gasteiger partial charge in [-0.25, -0.2) is 4.39 Å². The van der Waals surface area contributed by atoms with Gasteiger partial charge >= 0.3 is 0 Å². The fourth-order valence-corrected chi connectivity index (χ4v) is 2.19. The quantitative estimate of drug-likeness (QED) is 0.890. The lowest BCUT2D eigenvalue weighted by atomic mass is 10.2. The number of nitrogen functional groups attached to an aromatic ring is 1. The molecule has 0 unspecified atom stereocenters. The highest BCUT2D eigenvalue weighted by atomic mass is 79.9. The van der Waals surface area contributed by atoms with Gasteiger partial charge in [-0.2, -0.15) is 0 Å². The zero-order valence-corrected chi connectivity index (χ0v) is 10.7. The number of anilines is 2. The summed E-state index contributed by atoms with van der Waals surface area (Å²) in [6.45, 7) is 0. The smallest absolute Gasteiger partial charge is 0.261 e. The molecule has 88 valence electrons. The second-order valence-corrected chi connectivity index (χ2v) is 4.86. The van der Waals surface area contributed by atoms with Crippen molar-refractivity contribution in [3.8, 4) is 0 Å². The number of carbonyl (C=O) groups excluding carboxylic acids is 1. The molecule has 0 saturated carbocycles. The van der Waals surface area contributed by atoms with Crippen LogP contribution in [-0.2, 0) is 0 Å². The van der Waals surface area contributed by atoms with E-state index in [2.05, 4.69) is 31.4 Å². The third kappa shape index (κ3) is 2.59. The maximum absolute atomic E-state index is 13.5. The van der Waals surface area contributed by atoms with E-state index in [1.54, 1.807) is 6.07 Å². The lowest BCUT2D eigenvalue weighted by Crippen LogP contribution is -2.14. The van der Waals surface area contributed by atoms with E-state index >= 15 is 0 Å². The monoisotopic (exact) mass is 316 g/mol. The fourth-order valence-electron chi connectivity index (χ4n) is 1.16. The maximum atomic E-state index is 13.5. The van der Waals surface area contributed by atoms with Gasteiger partial charge in [0.25, 0.3) is 5.91 Å². The Hall–Kier alpha value is -1.54. The number of hydrogen-bond acceptors (Lipinski definition) is 5. The van der Waals surface area contributed by atoms with Gasteiger partial charge in [0.2, 0.25) is 10.3 Å². The molecular weight excluding hydrogens is 311 g/mol. The third-order valence-electron chi connectivity index (χ3n) is 1.85. The van der Waals surface area contributed by atoms with Crippen LogP contribution in [0.5, 0.6) is 0 Å². The summed E-state index contributed by atoms with van der Waals surface area (Å²) in [6, 6.07) is 4.28. The van der Waals surface area contributed by atoms with E-state index in [0.29, 0.717) is 4.47 Å². The Bertz CT molecular complexity index is 554. The zero-order valence-electron chi connectivity index (χ0n) is 8.28. The fraction of sp³-hybridized carbons (Fsp3) is 0. The second-order valence-electron chi connectivity index (χ2n) is 3.00. The normalized spacial score (nSPS) is 10.2. The number of nitrogens with two attached hydrogens (primary N) is 1. The summed E-state index contributed by atoms with van der Waals surface area (Å²) in [6.07, 6.45) is 0. The second kappa shape index (κ2) is 4.76. The number of hydrogen-bond donors (Lipinski definition) is 2. The van der Waals surface area contributed by atoms with Crippen LogP contribution in [0.25, 0.3) is 0 Å². The Morgan fingerprint density at radius 1 is 1.47 bits per heavy atom. The third-order valence-corrected chi connectivity index (χ3v) is 3.18. The molecule has 0 aliphatic heterocycles. The van der Waals surface area contributed by atoms with Gasteiger partial charge in [0.05, 0.1) is 5.56 Å². The molecule has 5 nitrogen and oxygen atoms in total. The number of amides is 1. The molecule has 8 heteroatoms. The average Bonchev–Trinajstić information content (AvgIpc) is 2.63. The van der Waals surface area contributed by atoms with E-state index in [4.69, 9.17) is 5.73 Å². The van der Waals surface area contributed by atoms with E-state index < -0.39 is 11.7 Å². The number of rotatable bonds is 2. The van der Waals surface area contributed by atoms with Crippen molar-refractivity contribution < 1.29 is 9.18 Å². The largest absolute Gasteiger partial charge is 0.374 e. The summed E-state index contributed by atoms with van der Waals surface area (Å²) in [5, 5.41) is 10.0. The predicted octanol–water partition coefficient (Wildman–Crippen LogP) is 2.27. The zero-order chi connectivity index (χ0) is 12.4. The Morgan fingerprint density at radius 2 is 2.24 bits per heavy atom. The van der Waals surface area contributed by atoms with Crippen molar-refractivity contribution in [2.75, 3.05) is 11.1 Å². The molecule has 1 aromatic carbocycles. The SMILES string of the molecule is Nc1nnc(NC(=O)c2c(F)cccc2Br)s1. The van der Waals surface area contributed by atoms with Crippen molar-refractivity contribution in [3.63, 3.8) is 0 Å². The van der Waals surface area contributed by atoms with Gasteiger partial charge in [-0.15, -0.1) is 10.2 Å². The first-order valence-corrected chi connectivity index (χ1v) is 6.03. The van der Waals surface area contributed by atoms with Gasteiger partial charge in [-0.1, -0.05) is 17.4 Å². The molecule has 0 aliphatic rings. The van der Waals surface area contributed by atoms with Crippen molar-refractivity contribution in [2.24, 2.45) is 0 Å². The highest BCUT2D eigenvalue weighted by Gasteiger charge is 2.16. The Labute approximate surface area is 108 Å². The highest BCUT2D eigenvalue weighted by Crippen LogP contribution is 2.22. The molecule has 1 aromatic heterocycles. The number of nitrogens with zero attached hydrogens (tertiary/aromatic N) is 2. The lowest BCUT2D eigenvalue weighted by Gasteiger charge is -2.04. The number of aromatic nitrogens is 2. The first kappa shape index (κ1) is 11.9. The molecule has 2 rings (SSSR count). The van der Waals surface area contributed by atoms with E-state index in [9.17, 15) is 9.18 Å². The van der Waals surface area contributed by atoms with Crippen LogP contribution in [0.2, 0.25) is 0 Å². The molecule has 0 fully saturated rings. The Kier molecular flexibility index (Phi) is 3.34. The van der Waals surface area contributed by atoms with Gasteiger partial charge in [-0.3, -0.25) is 10.1 Å². The number of carbonyl (C=O) groups is 1. The van der Waals surface area contributed by atoms with Crippen LogP contribution in [0, 0.1) is 5.82 Å². The minimum Gasteiger partial charge on any atom is -0.374 e. The minimum atomic E-state index is -0.616. The van der Waals surface area contributed by atoms with Crippen molar-refractivity contribution in [1.82, 2.24) is 10.2 Å². The summed E-state index contributed by atoms with van der Waals surface area (Å²) >= 11 is 4.12. The molecule has 1 heterocycles. The molecule has 1 amide bonds. The van der Waals surface area contributed by atoms with Crippen LogP contribution in [-0.4, -0.2) is 16.1 Å². The maximum Gasteiger partial charge on any atom is 0.261 e. The van der Waals surface area contributed by atoms with Crippen molar-refractivity contribution in [3.05, 3.63) is 34.1 Å². The minimum absolute atomic E-state index is 0.0822. The Morgan fingerprint density at radius 3 is 2.82 bits per heavy atom. The number of nitrogens with one attached hydrogen (secondary N) is 1. The first-order chi connectivity index (χ1) is 8.08. The van der Waals surface area contributed by atoms with Crippen molar-refractivity contribution in [2.45, 2.75) is 0 Å². The number of halogens is 2. The van der Waals surface area contributed by atoms with Crippen LogP contribution in [0.1, 0.15) is 10.4 Å². The van der Waals surface area contributed by atoms with E-state index in [-0.39, 0.29) is 15.8 Å². The van der Waals surface area contributed by atoms with Gasteiger partial charge < -0.3 is 5.73 Å². The van der Waals surface area contributed by atoms with Crippen LogP contribution >= 0.6 is 27.3 Å². The summed E-state index contributed by atoms with van der Waals surface area (Å²) < 4.78 is 13.8. The molecular formula is C9H6BrFN4OS. The molecule has 0 saturated heterocycles. The number of benzene rings is 1. The summed E-state index contributed by atoms with van der Waals surface area (Å²) in [7, 11) is 0. The van der Waals surface area contributed by atoms with Gasteiger partial charge in [-0.05, 0) is 28.1 Å². The van der Waals surface area contributed by atoms with Gasteiger partial charge in [0, 0.05) is 4.47 Å². The van der Waals surface area contributed by atoms with E-state index in [0.717, 1.165) is 11.3 Å². The van der Waals surface area contributed by atoms with Gasteiger partial charge in [0.1, 0.15) is 5.82 Å². The van der Waals surface area contributed by atoms with E-state index in [1.165, 1.54) is 12.1 Å². The summed E-state index contributed by atoms with van der Waals surface area (Å²) in [5.74, 6) is -1.22. The van der Waals surface area contributed by atoms with Crippen LogP contribution in [0.3, 0.4) is 0 Å². The molecule has 0 aliphatic carbocycles. The van der Waals surface area contributed by atoms with Crippen molar-refractivity contribution >= 4 is 43.4 Å². The standard InChI is InChI=1S/C9H6BrFN4OS/c10-4-2-1-3-5(11)6(4)7(16)13-9-15-14-8(12)17-9/h1-3H,(H2,12,14)(H,13,15,16). The summed E-state index contributed by atoms with van der Waals surface area (Å²) in [5.41, 5.74) is 5.28. The van der Waals surface area contributed by atoms with Gasteiger partial charge in [0.15, 0.2) is 0 Å². The van der Waals surface area contributed by atoms with E-state index in [1.807, 2.05) is 0 Å². The van der Waals surface area contributed by atoms with Crippen LogP contribution in [0.4, 0.5) is 14.7 Å². The molecule has 17 heavy (non-hydrogen) atoms. The van der Waals surface area contributed by atoms with Crippen LogP contribution in [0.15, 0.2) is 22.7 Å². The lowest BCUT2D eigenvalue weighted by molar-refractivity contribution is 0.102. The highest BCUT2D eigenvalue weighted by molar-refractivity contribution is 9.10. The first-order valence-electron chi connectivity index (χ1n) is 4.42. The topological polar surface area (TPSA) is 80.9 Å².